The molecule has 1 atom stereocenters. The second-order valence-electron chi connectivity index (χ2n) is 17.5. The fourth-order valence-electron chi connectivity index (χ4n) is 6.97. The van der Waals surface area contributed by atoms with Crippen molar-refractivity contribution in [3.63, 3.8) is 0 Å². The molecule has 0 N–H and O–H groups in total. The maximum absolute atomic E-state index is 12.8. The molecule has 6 nitrogen and oxygen atoms in total. The summed E-state index contributed by atoms with van der Waals surface area (Å²) in [4.78, 5) is 38.0. The first-order valence-electron chi connectivity index (χ1n) is 26.9. The van der Waals surface area contributed by atoms with Crippen molar-refractivity contribution in [3.8, 4) is 0 Å². The van der Waals surface area contributed by atoms with Crippen LogP contribution >= 0.6 is 0 Å². The van der Waals surface area contributed by atoms with E-state index in [1.54, 1.807) is 0 Å². The average Bonchev–Trinajstić information content (AvgIpc) is 3.31. The van der Waals surface area contributed by atoms with Crippen LogP contribution in [0.1, 0.15) is 233 Å². The van der Waals surface area contributed by atoms with Crippen molar-refractivity contribution in [1.82, 2.24) is 0 Å². The number of rotatable bonds is 47. The highest BCUT2D eigenvalue weighted by molar-refractivity contribution is 5.71. The molecule has 0 aromatic heterocycles. The molecule has 0 aromatic carbocycles. The van der Waals surface area contributed by atoms with Crippen LogP contribution in [0.3, 0.4) is 0 Å². The van der Waals surface area contributed by atoms with Crippen molar-refractivity contribution >= 4 is 17.9 Å². The predicted octanol–water partition coefficient (Wildman–Crippen LogP) is 17.9. The first-order chi connectivity index (χ1) is 32.5. The second kappa shape index (κ2) is 53.7. The van der Waals surface area contributed by atoms with Crippen LogP contribution in [0.15, 0.2) is 109 Å². The number of allylic oxidation sites excluding steroid dienone is 18. The lowest BCUT2D eigenvalue weighted by Gasteiger charge is -2.18. The van der Waals surface area contributed by atoms with E-state index < -0.39 is 6.10 Å². The zero-order chi connectivity index (χ0) is 47.9. The topological polar surface area (TPSA) is 78.9 Å². The number of esters is 3. The first-order valence-corrected chi connectivity index (χ1v) is 26.9. The Morgan fingerprint density at radius 1 is 0.318 bits per heavy atom. The Balaban J connectivity index is 4.56. The number of hydrogen-bond acceptors (Lipinski definition) is 6. The Morgan fingerprint density at radius 3 is 1.09 bits per heavy atom. The van der Waals surface area contributed by atoms with Gasteiger partial charge in [-0.05, 0) is 109 Å². The van der Waals surface area contributed by atoms with Crippen LogP contribution in [0.4, 0.5) is 0 Å². The van der Waals surface area contributed by atoms with Gasteiger partial charge in [-0.1, -0.05) is 214 Å². The van der Waals surface area contributed by atoms with Crippen LogP contribution in [0.5, 0.6) is 0 Å². The number of unbranched alkanes of at least 4 members (excludes halogenated alkanes) is 21. The second-order valence-corrected chi connectivity index (χ2v) is 17.5. The van der Waals surface area contributed by atoms with E-state index in [2.05, 4.69) is 130 Å². The summed E-state index contributed by atoms with van der Waals surface area (Å²) in [5.74, 6) is -1.02. The summed E-state index contributed by atoms with van der Waals surface area (Å²) in [5, 5.41) is 0. The van der Waals surface area contributed by atoms with Crippen molar-refractivity contribution < 1.29 is 28.6 Å². The van der Waals surface area contributed by atoms with Gasteiger partial charge >= 0.3 is 17.9 Å². The Morgan fingerprint density at radius 2 is 0.621 bits per heavy atom. The zero-order valence-corrected chi connectivity index (χ0v) is 42.7. The number of carbonyl (C=O) groups excluding carboxylic acids is 3. The molecule has 1 unspecified atom stereocenters. The van der Waals surface area contributed by atoms with E-state index in [-0.39, 0.29) is 37.5 Å². The Bertz CT molecular complexity index is 1370. The molecule has 66 heavy (non-hydrogen) atoms. The van der Waals surface area contributed by atoms with Gasteiger partial charge in [0.05, 0.1) is 0 Å². The molecule has 0 aliphatic rings. The maximum Gasteiger partial charge on any atom is 0.306 e. The molecule has 0 aliphatic heterocycles. The molecule has 0 saturated carbocycles. The summed E-state index contributed by atoms with van der Waals surface area (Å²) in [6.07, 6.45) is 72.1. The molecule has 0 saturated heterocycles. The van der Waals surface area contributed by atoms with Crippen molar-refractivity contribution in [2.45, 2.75) is 239 Å². The minimum absolute atomic E-state index is 0.117. The van der Waals surface area contributed by atoms with Gasteiger partial charge in [0.25, 0.3) is 0 Å². The van der Waals surface area contributed by atoms with Crippen molar-refractivity contribution in [3.05, 3.63) is 109 Å². The Hall–Kier alpha value is -3.93. The van der Waals surface area contributed by atoms with Crippen LogP contribution in [0.2, 0.25) is 0 Å². The number of carbonyl (C=O) groups is 3. The van der Waals surface area contributed by atoms with Crippen LogP contribution in [0.25, 0.3) is 0 Å². The summed E-state index contributed by atoms with van der Waals surface area (Å²) in [6, 6.07) is 0. The van der Waals surface area contributed by atoms with Crippen LogP contribution < -0.4 is 0 Å². The lowest BCUT2D eigenvalue weighted by Crippen LogP contribution is -2.30. The number of ether oxygens (including phenoxy) is 3. The van der Waals surface area contributed by atoms with Gasteiger partial charge in [0.15, 0.2) is 6.10 Å². The lowest BCUT2D eigenvalue weighted by atomic mass is 10.1. The van der Waals surface area contributed by atoms with Gasteiger partial charge in [-0.2, -0.15) is 0 Å². The normalized spacial score (nSPS) is 13.0. The molecular formula is C60H98O6. The lowest BCUT2D eigenvalue weighted by molar-refractivity contribution is -0.167. The summed E-state index contributed by atoms with van der Waals surface area (Å²) < 4.78 is 16.7. The van der Waals surface area contributed by atoms with Gasteiger partial charge < -0.3 is 14.2 Å². The third-order valence-electron chi connectivity index (χ3n) is 11.1. The van der Waals surface area contributed by atoms with Crippen LogP contribution in [-0.4, -0.2) is 37.2 Å². The smallest absolute Gasteiger partial charge is 0.306 e. The molecule has 374 valence electrons. The Kier molecular flexibility index (Phi) is 50.5. The van der Waals surface area contributed by atoms with E-state index >= 15 is 0 Å². The summed E-state index contributed by atoms with van der Waals surface area (Å²) >= 11 is 0. The van der Waals surface area contributed by atoms with E-state index in [4.69, 9.17) is 14.2 Å². The van der Waals surface area contributed by atoms with E-state index in [0.29, 0.717) is 19.3 Å². The molecular weight excluding hydrogens is 817 g/mol. The molecule has 0 aromatic rings. The fourth-order valence-corrected chi connectivity index (χ4v) is 6.97. The van der Waals surface area contributed by atoms with Crippen molar-refractivity contribution in [2.75, 3.05) is 13.2 Å². The SMILES string of the molecule is CCCCC\C=C/C=C\C=C/C=C\CCCCCCCC(=O)OCC(COC(=O)CCCCC/C=C\CCCCCCCC)OC(=O)CCC/C=C\C/C=C\C/C=C\C/C=C\CCCCC. The molecule has 0 amide bonds. The molecule has 0 fully saturated rings. The first kappa shape index (κ1) is 62.1. The van der Waals surface area contributed by atoms with Crippen molar-refractivity contribution in [2.24, 2.45) is 0 Å². The number of hydrogen-bond donors (Lipinski definition) is 0. The van der Waals surface area contributed by atoms with E-state index in [0.717, 1.165) is 103 Å². The summed E-state index contributed by atoms with van der Waals surface area (Å²) in [5.41, 5.74) is 0. The molecule has 0 spiro atoms. The van der Waals surface area contributed by atoms with E-state index in [1.165, 1.54) is 83.5 Å². The van der Waals surface area contributed by atoms with Gasteiger partial charge in [0.1, 0.15) is 13.2 Å². The standard InChI is InChI=1S/C60H98O6/c1-4-7-10-13-16-19-22-25-27-29-31-32-35-38-41-44-47-50-53-59(62)65-56-57(55-64-58(61)52-49-46-43-40-37-34-24-21-18-15-12-9-6-3)66-60(63)54-51-48-45-42-39-36-33-30-28-26-23-20-17-14-11-8-5-2/h16-17,19-20,22,25-29,31-34,36-37,42,45,57H,4-15,18,21,23-24,30,35,38-41,43-44,46-56H2,1-3H3/b19-16-,20-17-,25-22-,28-26-,29-27-,32-31-,36-33-,37-34-,45-42-. The summed E-state index contributed by atoms with van der Waals surface area (Å²) in [7, 11) is 0. The predicted molar refractivity (Wildman–Crippen MR) is 283 cm³/mol. The van der Waals surface area contributed by atoms with Gasteiger partial charge in [-0.15, -0.1) is 0 Å². The monoisotopic (exact) mass is 915 g/mol. The highest BCUT2D eigenvalue weighted by atomic mass is 16.6. The third kappa shape index (κ3) is 51.1. The van der Waals surface area contributed by atoms with Gasteiger partial charge in [0, 0.05) is 19.3 Å². The van der Waals surface area contributed by atoms with Crippen LogP contribution in [0, 0.1) is 0 Å². The molecule has 0 rings (SSSR count). The molecule has 0 bridgehead atoms. The summed E-state index contributed by atoms with van der Waals surface area (Å²) in [6.45, 7) is 6.47. The molecule has 6 heteroatoms. The third-order valence-corrected chi connectivity index (χ3v) is 11.1. The zero-order valence-electron chi connectivity index (χ0n) is 42.7. The fraction of sp³-hybridized carbons (Fsp3) is 0.650. The largest absolute Gasteiger partial charge is 0.462 e. The molecule has 0 heterocycles. The molecule has 0 aliphatic carbocycles. The van der Waals surface area contributed by atoms with E-state index in [9.17, 15) is 14.4 Å². The highest BCUT2D eigenvalue weighted by Crippen LogP contribution is 2.12. The van der Waals surface area contributed by atoms with Crippen LogP contribution in [-0.2, 0) is 28.6 Å². The minimum Gasteiger partial charge on any atom is -0.462 e. The quantitative estimate of drug-likeness (QED) is 0.0199. The maximum atomic E-state index is 12.8. The Labute approximate surface area is 406 Å². The van der Waals surface area contributed by atoms with E-state index in [1.807, 2.05) is 0 Å². The molecule has 0 radical (unpaired) electrons. The highest BCUT2D eigenvalue weighted by Gasteiger charge is 2.19. The van der Waals surface area contributed by atoms with Crippen molar-refractivity contribution in [1.29, 1.82) is 0 Å². The van der Waals surface area contributed by atoms with Gasteiger partial charge in [0.2, 0.25) is 0 Å². The van der Waals surface area contributed by atoms with Gasteiger partial charge in [-0.25, -0.2) is 0 Å². The minimum atomic E-state index is -0.824. The van der Waals surface area contributed by atoms with Gasteiger partial charge in [-0.3, -0.25) is 14.4 Å². The average molecular weight is 915 g/mol.